The van der Waals surface area contributed by atoms with Crippen LogP contribution in [0.3, 0.4) is 0 Å². The number of rotatable bonds is 4. The first kappa shape index (κ1) is 14.9. The van der Waals surface area contributed by atoms with Crippen LogP contribution in [0.2, 0.25) is 0 Å². The standard InChI is InChI=1S/C15H18FN3S/c1-9-10(2)18-15(19-11(9)3)20-14(8-17)12-6-4-5-7-13(12)16/h4-7,14H,8,17H2,1-3H3. The highest BCUT2D eigenvalue weighted by Crippen LogP contribution is 2.34. The Morgan fingerprint density at radius 2 is 1.75 bits per heavy atom. The summed E-state index contributed by atoms with van der Waals surface area (Å²) < 4.78 is 13.8. The Kier molecular flexibility index (Phi) is 4.73. The summed E-state index contributed by atoms with van der Waals surface area (Å²) in [5.74, 6) is -0.240. The molecule has 2 aromatic rings. The quantitative estimate of drug-likeness (QED) is 0.693. The van der Waals surface area contributed by atoms with E-state index < -0.39 is 0 Å². The van der Waals surface area contributed by atoms with Crippen molar-refractivity contribution in [1.82, 2.24) is 9.97 Å². The molecule has 1 aromatic heterocycles. The van der Waals surface area contributed by atoms with Gasteiger partial charge in [0.1, 0.15) is 5.82 Å². The summed E-state index contributed by atoms with van der Waals surface area (Å²) >= 11 is 1.41. The van der Waals surface area contributed by atoms with E-state index in [1.165, 1.54) is 17.8 Å². The van der Waals surface area contributed by atoms with Crippen LogP contribution in [0.5, 0.6) is 0 Å². The highest BCUT2D eigenvalue weighted by molar-refractivity contribution is 7.99. The van der Waals surface area contributed by atoms with Gasteiger partial charge in [-0.1, -0.05) is 30.0 Å². The van der Waals surface area contributed by atoms with Gasteiger partial charge in [0, 0.05) is 23.5 Å². The van der Waals surface area contributed by atoms with Gasteiger partial charge < -0.3 is 5.73 Å². The van der Waals surface area contributed by atoms with Gasteiger partial charge in [-0.2, -0.15) is 0 Å². The van der Waals surface area contributed by atoms with Crippen LogP contribution in [0, 0.1) is 26.6 Å². The van der Waals surface area contributed by atoms with E-state index in [1.54, 1.807) is 12.1 Å². The lowest BCUT2D eigenvalue weighted by Crippen LogP contribution is -2.12. The molecule has 0 aliphatic heterocycles. The fraction of sp³-hybridized carbons (Fsp3) is 0.333. The molecule has 20 heavy (non-hydrogen) atoms. The maximum atomic E-state index is 13.8. The smallest absolute Gasteiger partial charge is 0.188 e. The SMILES string of the molecule is Cc1nc(SC(CN)c2ccccc2F)nc(C)c1C. The van der Waals surface area contributed by atoms with Gasteiger partial charge in [-0.3, -0.25) is 0 Å². The van der Waals surface area contributed by atoms with Gasteiger partial charge in [-0.25, -0.2) is 14.4 Å². The second kappa shape index (κ2) is 6.33. The fourth-order valence-corrected chi connectivity index (χ4v) is 2.94. The number of nitrogens with two attached hydrogens (primary N) is 1. The first-order valence-electron chi connectivity index (χ1n) is 6.46. The minimum absolute atomic E-state index is 0.183. The van der Waals surface area contributed by atoms with E-state index in [-0.39, 0.29) is 11.1 Å². The molecule has 106 valence electrons. The molecule has 5 heteroatoms. The minimum atomic E-state index is -0.240. The third-order valence-corrected chi connectivity index (χ3v) is 4.45. The Balaban J connectivity index is 2.30. The van der Waals surface area contributed by atoms with Gasteiger partial charge in [0.05, 0.1) is 5.25 Å². The summed E-state index contributed by atoms with van der Waals surface area (Å²) in [4.78, 5) is 8.90. The van der Waals surface area contributed by atoms with E-state index in [1.807, 2.05) is 26.8 Å². The summed E-state index contributed by atoms with van der Waals surface area (Å²) in [7, 11) is 0. The largest absolute Gasteiger partial charge is 0.329 e. The highest BCUT2D eigenvalue weighted by atomic mass is 32.2. The molecule has 0 radical (unpaired) electrons. The molecule has 0 saturated carbocycles. The molecule has 0 fully saturated rings. The predicted molar refractivity (Wildman–Crippen MR) is 80.3 cm³/mol. The van der Waals surface area contributed by atoms with Gasteiger partial charge in [-0.05, 0) is 32.4 Å². The third kappa shape index (κ3) is 3.16. The molecule has 0 aliphatic rings. The lowest BCUT2D eigenvalue weighted by atomic mass is 10.1. The van der Waals surface area contributed by atoms with E-state index in [9.17, 15) is 4.39 Å². The monoisotopic (exact) mass is 291 g/mol. The van der Waals surface area contributed by atoms with Crippen LogP contribution in [0.4, 0.5) is 4.39 Å². The molecule has 0 amide bonds. The van der Waals surface area contributed by atoms with Crippen molar-refractivity contribution in [3.05, 3.63) is 52.6 Å². The Labute approximate surface area is 122 Å². The van der Waals surface area contributed by atoms with E-state index in [2.05, 4.69) is 9.97 Å². The van der Waals surface area contributed by atoms with Crippen LogP contribution >= 0.6 is 11.8 Å². The Morgan fingerprint density at radius 3 is 2.30 bits per heavy atom. The van der Waals surface area contributed by atoms with E-state index in [0.29, 0.717) is 17.3 Å². The van der Waals surface area contributed by atoms with Gasteiger partial charge >= 0.3 is 0 Å². The maximum Gasteiger partial charge on any atom is 0.188 e. The number of halogens is 1. The second-order valence-electron chi connectivity index (χ2n) is 4.67. The van der Waals surface area contributed by atoms with Crippen LogP contribution in [0.1, 0.15) is 27.8 Å². The molecule has 1 heterocycles. The molecule has 2 rings (SSSR count). The van der Waals surface area contributed by atoms with Gasteiger partial charge in [-0.15, -0.1) is 0 Å². The van der Waals surface area contributed by atoms with Gasteiger partial charge in [0.2, 0.25) is 0 Å². The van der Waals surface area contributed by atoms with Crippen LogP contribution in [0.15, 0.2) is 29.4 Å². The second-order valence-corrected chi connectivity index (χ2v) is 5.84. The lowest BCUT2D eigenvalue weighted by molar-refractivity contribution is 0.607. The zero-order chi connectivity index (χ0) is 14.7. The topological polar surface area (TPSA) is 51.8 Å². The van der Waals surface area contributed by atoms with Crippen molar-refractivity contribution in [2.75, 3.05) is 6.54 Å². The van der Waals surface area contributed by atoms with Crippen molar-refractivity contribution in [1.29, 1.82) is 0 Å². The number of hydrogen-bond acceptors (Lipinski definition) is 4. The summed E-state index contributed by atoms with van der Waals surface area (Å²) in [6, 6.07) is 6.70. The molecule has 2 N–H and O–H groups in total. The minimum Gasteiger partial charge on any atom is -0.329 e. The van der Waals surface area contributed by atoms with Crippen molar-refractivity contribution in [2.24, 2.45) is 5.73 Å². The van der Waals surface area contributed by atoms with E-state index in [0.717, 1.165) is 17.0 Å². The molecule has 0 bridgehead atoms. The first-order chi connectivity index (χ1) is 9.52. The highest BCUT2D eigenvalue weighted by Gasteiger charge is 2.17. The molecule has 0 spiro atoms. The van der Waals surface area contributed by atoms with Crippen LogP contribution < -0.4 is 5.73 Å². The van der Waals surface area contributed by atoms with Crippen LogP contribution in [-0.2, 0) is 0 Å². The van der Waals surface area contributed by atoms with E-state index in [4.69, 9.17) is 5.73 Å². The number of nitrogens with zero attached hydrogens (tertiary/aromatic N) is 2. The normalized spacial score (nSPS) is 12.4. The van der Waals surface area contributed by atoms with Gasteiger partial charge in [0.15, 0.2) is 5.16 Å². The maximum absolute atomic E-state index is 13.8. The molecule has 3 nitrogen and oxygen atoms in total. The molecule has 0 saturated heterocycles. The van der Waals surface area contributed by atoms with E-state index >= 15 is 0 Å². The molecular formula is C15H18FN3S. The number of aromatic nitrogens is 2. The number of benzene rings is 1. The van der Waals surface area contributed by atoms with Crippen LogP contribution in [-0.4, -0.2) is 16.5 Å². The molecular weight excluding hydrogens is 273 g/mol. The van der Waals surface area contributed by atoms with Crippen molar-refractivity contribution in [3.8, 4) is 0 Å². The van der Waals surface area contributed by atoms with Crippen molar-refractivity contribution >= 4 is 11.8 Å². The number of thioether (sulfide) groups is 1. The Bertz CT molecular complexity index is 593. The van der Waals surface area contributed by atoms with Crippen molar-refractivity contribution < 1.29 is 4.39 Å². The Morgan fingerprint density at radius 1 is 1.15 bits per heavy atom. The fourth-order valence-electron chi connectivity index (χ4n) is 1.90. The summed E-state index contributed by atoms with van der Waals surface area (Å²) in [5, 5.41) is 0.460. The number of aryl methyl sites for hydroxylation is 2. The van der Waals surface area contributed by atoms with Crippen molar-refractivity contribution in [2.45, 2.75) is 31.2 Å². The molecule has 1 atom stereocenters. The first-order valence-corrected chi connectivity index (χ1v) is 7.34. The molecule has 0 aliphatic carbocycles. The van der Waals surface area contributed by atoms with Gasteiger partial charge in [0.25, 0.3) is 0 Å². The zero-order valence-corrected chi connectivity index (χ0v) is 12.7. The summed E-state index contributed by atoms with van der Waals surface area (Å²) in [5.41, 5.74) is 9.37. The summed E-state index contributed by atoms with van der Waals surface area (Å²) in [6.07, 6.45) is 0. The zero-order valence-electron chi connectivity index (χ0n) is 11.9. The number of hydrogen-bond donors (Lipinski definition) is 1. The van der Waals surface area contributed by atoms with Crippen molar-refractivity contribution in [3.63, 3.8) is 0 Å². The third-order valence-electron chi connectivity index (χ3n) is 3.33. The lowest BCUT2D eigenvalue weighted by Gasteiger charge is -2.15. The average Bonchev–Trinajstić information content (AvgIpc) is 2.43. The molecule has 1 unspecified atom stereocenters. The summed E-state index contributed by atoms with van der Waals surface area (Å²) in [6.45, 7) is 6.24. The van der Waals surface area contributed by atoms with Crippen LogP contribution in [0.25, 0.3) is 0 Å². The Hall–Kier alpha value is -1.46. The predicted octanol–water partition coefficient (Wildman–Crippen LogP) is 3.33. The molecule has 1 aromatic carbocycles. The average molecular weight is 291 g/mol.